The molecule has 0 aliphatic heterocycles. The maximum absolute atomic E-state index is 13.9. The van der Waals surface area contributed by atoms with E-state index in [2.05, 4.69) is 5.32 Å². The molecule has 0 aliphatic rings. The fraction of sp³-hybridized carbons (Fsp3) is 0.276. The summed E-state index contributed by atoms with van der Waals surface area (Å²) >= 11 is 0. The van der Waals surface area contributed by atoms with Gasteiger partial charge >= 0.3 is 6.03 Å². The Morgan fingerprint density at radius 2 is 1.79 bits per heavy atom. The van der Waals surface area contributed by atoms with Crippen molar-refractivity contribution < 1.29 is 13.9 Å². The third kappa shape index (κ3) is 5.84. The highest BCUT2D eigenvalue weighted by atomic mass is 19.1. The van der Waals surface area contributed by atoms with Crippen LogP contribution >= 0.6 is 0 Å². The molecule has 0 spiro atoms. The largest absolute Gasteiger partial charge is 0.492 e. The summed E-state index contributed by atoms with van der Waals surface area (Å²) in [5.74, 6) is 0.467. The molecule has 9 heteroatoms. The zero-order valence-corrected chi connectivity index (χ0v) is 22.0. The molecule has 4 rings (SSSR count). The lowest BCUT2D eigenvalue weighted by Crippen LogP contribution is -2.43. The van der Waals surface area contributed by atoms with Crippen molar-refractivity contribution >= 4 is 22.6 Å². The molecule has 0 saturated carbocycles. The number of carbonyl (C=O) groups is 1. The molecule has 1 atom stereocenters. The van der Waals surface area contributed by atoms with Gasteiger partial charge in [0.25, 0.3) is 5.56 Å². The number of urea groups is 1. The van der Waals surface area contributed by atoms with E-state index < -0.39 is 17.9 Å². The average molecular weight is 518 g/mol. The predicted molar refractivity (Wildman–Crippen MR) is 148 cm³/mol. The number of ether oxygens (including phenoxy) is 1. The number of nitrogens with zero attached hydrogens (tertiary/aromatic N) is 4. The topological polar surface area (TPSA) is 79.7 Å². The summed E-state index contributed by atoms with van der Waals surface area (Å²) in [6, 6.07) is 19.1. The van der Waals surface area contributed by atoms with E-state index in [4.69, 9.17) is 9.72 Å². The van der Waals surface area contributed by atoms with Gasteiger partial charge in [0, 0.05) is 18.8 Å². The van der Waals surface area contributed by atoms with Crippen molar-refractivity contribution in [1.82, 2.24) is 19.4 Å². The molecule has 38 heavy (non-hydrogen) atoms. The molecule has 0 fully saturated rings. The van der Waals surface area contributed by atoms with Gasteiger partial charge < -0.3 is 19.9 Å². The highest BCUT2D eigenvalue weighted by Gasteiger charge is 2.28. The van der Waals surface area contributed by atoms with Gasteiger partial charge in [0.2, 0.25) is 0 Å². The standard InChI is InChI=1S/C29H32FN5O3/c1-5-38-26-16-9-8-15-25(26)35-27(32-24-14-7-6-13-23(24)28(35)36)20(2)34(18-17-33(3)4)29(37)31-22-12-10-11-21(30)19-22/h6-16,19-20H,5,17-18H2,1-4H3,(H,31,37). The minimum Gasteiger partial charge on any atom is -0.492 e. The molecule has 0 saturated heterocycles. The maximum atomic E-state index is 13.9. The van der Waals surface area contributed by atoms with Gasteiger partial charge in [-0.15, -0.1) is 0 Å². The first kappa shape index (κ1) is 26.8. The average Bonchev–Trinajstić information content (AvgIpc) is 2.89. The number of fused-ring (bicyclic) bond motifs is 1. The van der Waals surface area contributed by atoms with E-state index in [1.54, 1.807) is 41.3 Å². The number of aromatic nitrogens is 2. The summed E-state index contributed by atoms with van der Waals surface area (Å²) in [6.07, 6.45) is 0. The predicted octanol–water partition coefficient (Wildman–Crippen LogP) is 5.08. The molecule has 1 aromatic heterocycles. The SMILES string of the molecule is CCOc1ccccc1-n1c(C(C)N(CCN(C)C)C(=O)Nc2cccc(F)c2)nc2ccccc2c1=O. The zero-order valence-electron chi connectivity index (χ0n) is 22.0. The van der Waals surface area contributed by atoms with Crippen molar-refractivity contribution in [3.8, 4) is 11.4 Å². The molecule has 198 valence electrons. The van der Waals surface area contributed by atoms with E-state index in [9.17, 15) is 14.0 Å². The third-order valence-electron chi connectivity index (χ3n) is 6.17. The van der Waals surface area contributed by atoms with Gasteiger partial charge in [-0.05, 0) is 70.4 Å². The highest BCUT2D eigenvalue weighted by Crippen LogP contribution is 2.28. The molecule has 1 unspecified atom stereocenters. The molecule has 8 nitrogen and oxygen atoms in total. The molecule has 0 aliphatic carbocycles. The monoisotopic (exact) mass is 517 g/mol. The first-order valence-electron chi connectivity index (χ1n) is 12.5. The van der Waals surface area contributed by atoms with Gasteiger partial charge in [0.05, 0.1) is 29.2 Å². The summed E-state index contributed by atoms with van der Waals surface area (Å²) < 4.78 is 21.2. The van der Waals surface area contributed by atoms with Crippen LogP contribution in [-0.2, 0) is 0 Å². The number of benzene rings is 3. The van der Waals surface area contributed by atoms with Crippen LogP contribution in [0.4, 0.5) is 14.9 Å². The number of carbonyl (C=O) groups excluding carboxylic acids is 1. The second kappa shape index (κ2) is 11.9. The third-order valence-corrected chi connectivity index (χ3v) is 6.17. The maximum Gasteiger partial charge on any atom is 0.322 e. The van der Waals surface area contributed by atoms with E-state index in [1.165, 1.54) is 22.8 Å². The first-order chi connectivity index (χ1) is 18.3. The lowest BCUT2D eigenvalue weighted by molar-refractivity contribution is 0.181. The number of hydrogen-bond donors (Lipinski definition) is 1. The summed E-state index contributed by atoms with van der Waals surface area (Å²) in [4.78, 5) is 35.9. The number of likely N-dealkylation sites (N-methyl/N-ethyl adjacent to an activating group) is 1. The van der Waals surface area contributed by atoms with Crippen LogP contribution in [0.2, 0.25) is 0 Å². The molecule has 2 amide bonds. The molecule has 1 heterocycles. The fourth-order valence-electron chi connectivity index (χ4n) is 4.26. The van der Waals surface area contributed by atoms with Crippen molar-refractivity contribution in [2.24, 2.45) is 0 Å². The second-order valence-corrected chi connectivity index (χ2v) is 9.14. The smallest absolute Gasteiger partial charge is 0.322 e. The molecule has 4 aromatic rings. The van der Waals surface area contributed by atoms with E-state index in [0.29, 0.717) is 53.5 Å². The van der Waals surface area contributed by atoms with Gasteiger partial charge in [-0.1, -0.05) is 30.3 Å². The molecule has 3 aromatic carbocycles. The number of amides is 2. The Labute approximate surface area is 221 Å². The van der Waals surface area contributed by atoms with Crippen LogP contribution in [0.25, 0.3) is 16.6 Å². The minimum atomic E-state index is -0.629. The quantitative estimate of drug-likeness (QED) is 0.335. The minimum absolute atomic E-state index is 0.261. The van der Waals surface area contributed by atoms with Gasteiger partial charge in [0.15, 0.2) is 0 Å². The van der Waals surface area contributed by atoms with E-state index in [1.807, 2.05) is 51.0 Å². The van der Waals surface area contributed by atoms with Crippen LogP contribution in [-0.4, -0.2) is 59.2 Å². The van der Waals surface area contributed by atoms with Gasteiger partial charge in [-0.2, -0.15) is 0 Å². The molecule has 0 radical (unpaired) electrons. The highest BCUT2D eigenvalue weighted by molar-refractivity contribution is 5.89. The van der Waals surface area contributed by atoms with Gasteiger partial charge in [-0.25, -0.2) is 14.2 Å². The molecular formula is C29H32FN5O3. The van der Waals surface area contributed by atoms with Crippen LogP contribution < -0.4 is 15.6 Å². The van der Waals surface area contributed by atoms with E-state index in [0.717, 1.165) is 0 Å². The van der Waals surface area contributed by atoms with Crippen molar-refractivity contribution in [3.05, 3.63) is 94.8 Å². The molecule has 0 bridgehead atoms. The number of hydrogen-bond acceptors (Lipinski definition) is 5. The summed E-state index contributed by atoms with van der Waals surface area (Å²) in [5.41, 5.74) is 1.14. The lowest BCUT2D eigenvalue weighted by Gasteiger charge is -2.31. The van der Waals surface area contributed by atoms with Gasteiger partial charge in [-0.3, -0.25) is 9.36 Å². The lowest BCUT2D eigenvalue weighted by atomic mass is 10.1. The summed E-state index contributed by atoms with van der Waals surface area (Å²) in [6.45, 7) is 5.03. The summed E-state index contributed by atoms with van der Waals surface area (Å²) in [7, 11) is 3.83. The Morgan fingerprint density at radius 3 is 2.53 bits per heavy atom. The number of halogens is 1. The second-order valence-electron chi connectivity index (χ2n) is 9.14. The van der Waals surface area contributed by atoms with E-state index in [-0.39, 0.29) is 5.56 Å². The normalized spacial score (nSPS) is 11.9. The van der Waals surface area contributed by atoms with E-state index >= 15 is 0 Å². The Balaban J connectivity index is 1.86. The number of para-hydroxylation sites is 3. The fourth-order valence-corrected chi connectivity index (χ4v) is 4.26. The number of rotatable bonds is 9. The van der Waals surface area contributed by atoms with Crippen molar-refractivity contribution in [3.63, 3.8) is 0 Å². The first-order valence-corrected chi connectivity index (χ1v) is 12.5. The Bertz CT molecular complexity index is 1490. The van der Waals surface area contributed by atoms with Crippen LogP contribution in [0.3, 0.4) is 0 Å². The van der Waals surface area contributed by atoms with Crippen LogP contribution in [0.1, 0.15) is 25.7 Å². The summed E-state index contributed by atoms with van der Waals surface area (Å²) in [5, 5.41) is 3.25. The number of anilines is 1. The zero-order chi connectivity index (χ0) is 27.2. The van der Waals surface area contributed by atoms with Crippen molar-refractivity contribution in [2.45, 2.75) is 19.9 Å². The van der Waals surface area contributed by atoms with Crippen LogP contribution in [0, 0.1) is 5.82 Å². The van der Waals surface area contributed by atoms with Crippen LogP contribution in [0.5, 0.6) is 5.75 Å². The van der Waals surface area contributed by atoms with Gasteiger partial charge in [0.1, 0.15) is 17.4 Å². The number of nitrogens with one attached hydrogen (secondary N) is 1. The Morgan fingerprint density at radius 1 is 1.05 bits per heavy atom. The Hall–Kier alpha value is -4.24. The van der Waals surface area contributed by atoms with Crippen LogP contribution in [0.15, 0.2) is 77.6 Å². The van der Waals surface area contributed by atoms with Crippen molar-refractivity contribution in [2.75, 3.05) is 39.1 Å². The van der Waals surface area contributed by atoms with Crippen molar-refractivity contribution in [1.29, 1.82) is 0 Å². The molecule has 1 N–H and O–H groups in total. The Kier molecular flexibility index (Phi) is 8.38. The molecular weight excluding hydrogens is 485 g/mol.